The number of nitrogens with zero attached hydrogens (tertiary/aromatic N) is 1. The average molecular weight is 318 g/mol. The Morgan fingerprint density at radius 3 is 2.55 bits per heavy atom. The van der Waals surface area contributed by atoms with Gasteiger partial charge in [0.1, 0.15) is 17.2 Å². The highest BCUT2D eigenvalue weighted by Crippen LogP contribution is 2.29. The first-order chi connectivity index (χ1) is 10.5. The third-order valence-electron chi connectivity index (χ3n) is 3.24. The highest BCUT2D eigenvalue weighted by molar-refractivity contribution is 7.22. The highest BCUT2D eigenvalue weighted by atomic mass is 32.1. The van der Waals surface area contributed by atoms with Crippen LogP contribution in [0.5, 0.6) is 0 Å². The van der Waals surface area contributed by atoms with E-state index in [4.69, 9.17) is 0 Å². The van der Waals surface area contributed by atoms with E-state index in [2.05, 4.69) is 10.3 Å². The smallest absolute Gasteiger partial charge is 0.263 e. The normalized spacial score (nSPS) is 10.9. The van der Waals surface area contributed by atoms with Gasteiger partial charge >= 0.3 is 0 Å². The fourth-order valence-electron chi connectivity index (χ4n) is 2.30. The van der Waals surface area contributed by atoms with Crippen LogP contribution < -0.4 is 5.32 Å². The van der Waals surface area contributed by atoms with E-state index >= 15 is 0 Å². The van der Waals surface area contributed by atoms with E-state index in [1.54, 1.807) is 0 Å². The van der Waals surface area contributed by atoms with Gasteiger partial charge in [-0.25, -0.2) is 13.8 Å². The van der Waals surface area contributed by atoms with E-state index in [1.807, 2.05) is 26.0 Å². The van der Waals surface area contributed by atoms with Crippen molar-refractivity contribution in [1.29, 1.82) is 0 Å². The first-order valence-electron chi connectivity index (χ1n) is 6.59. The molecule has 3 aromatic rings. The Hall–Kier alpha value is -2.34. The van der Waals surface area contributed by atoms with E-state index < -0.39 is 23.1 Å². The van der Waals surface area contributed by atoms with Crippen LogP contribution >= 0.6 is 11.3 Å². The fraction of sp³-hybridized carbons (Fsp3) is 0.125. The van der Waals surface area contributed by atoms with Gasteiger partial charge in [0.2, 0.25) is 0 Å². The maximum atomic E-state index is 13.6. The summed E-state index contributed by atoms with van der Waals surface area (Å²) in [6.45, 7) is 3.90. The molecule has 1 N–H and O–H groups in total. The number of rotatable bonds is 2. The number of carbonyl (C=O) groups is 1. The molecule has 0 fully saturated rings. The maximum Gasteiger partial charge on any atom is 0.263 e. The van der Waals surface area contributed by atoms with Gasteiger partial charge < -0.3 is 0 Å². The molecule has 0 atom stereocenters. The molecular formula is C16H12F2N2OS. The van der Waals surface area contributed by atoms with Gasteiger partial charge in [0.05, 0.1) is 10.2 Å². The van der Waals surface area contributed by atoms with Crippen molar-refractivity contribution >= 4 is 32.6 Å². The summed E-state index contributed by atoms with van der Waals surface area (Å²) >= 11 is 1.27. The van der Waals surface area contributed by atoms with E-state index in [1.165, 1.54) is 17.4 Å². The molecule has 2 aromatic carbocycles. The van der Waals surface area contributed by atoms with Crippen LogP contribution in [-0.2, 0) is 0 Å². The molecule has 6 heteroatoms. The summed E-state index contributed by atoms with van der Waals surface area (Å²) in [5, 5.41) is 2.78. The second-order valence-electron chi connectivity index (χ2n) is 5.00. The van der Waals surface area contributed by atoms with Gasteiger partial charge in [-0.1, -0.05) is 23.5 Å². The number of anilines is 1. The lowest BCUT2D eigenvalue weighted by atomic mass is 10.1. The predicted molar refractivity (Wildman–Crippen MR) is 83.4 cm³/mol. The summed E-state index contributed by atoms with van der Waals surface area (Å²) < 4.78 is 28.1. The molecule has 3 nitrogen and oxygen atoms in total. The van der Waals surface area contributed by atoms with Crippen LogP contribution in [-0.4, -0.2) is 10.9 Å². The Labute approximate surface area is 129 Å². The molecule has 3 rings (SSSR count). The van der Waals surface area contributed by atoms with Crippen LogP contribution in [0.15, 0.2) is 30.3 Å². The van der Waals surface area contributed by atoms with Crippen LogP contribution in [0.1, 0.15) is 21.5 Å². The van der Waals surface area contributed by atoms with Crippen molar-refractivity contribution in [1.82, 2.24) is 4.98 Å². The first kappa shape index (κ1) is 14.6. The minimum Gasteiger partial charge on any atom is -0.298 e. The van der Waals surface area contributed by atoms with Gasteiger partial charge in [-0.15, -0.1) is 0 Å². The molecule has 0 saturated carbocycles. The Bertz CT molecular complexity index is 869. The predicted octanol–water partition coefficient (Wildman–Crippen LogP) is 4.44. The summed E-state index contributed by atoms with van der Waals surface area (Å²) in [6.07, 6.45) is 0. The lowest BCUT2D eigenvalue weighted by molar-refractivity contribution is 0.101. The first-order valence-corrected chi connectivity index (χ1v) is 7.40. The number of amides is 1. The summed E-state index contributed by atoms with van der Waals surface area (Å²) in [5.41, 5.74) is 2.25. The number of aryl methyl sites for hydroxylation is 2. The summed E-state index contributed by atoms with van der Waals surface area (Å²) in [6, 6.07) is 7.25. The molecular weight excluding hydrogens is 306 g/mol. The fourth-order valence-corrected chi connectivity index (χ4v) is 3.34. The average Bonchev–Trinajstić information content (AvgIpc) is 2.81. The summed E-state index contributed by atoms with van der Waals surface area (Å²) in [7, 11) is 0. The monoisotopic (exact) mass is 318 g/mol. The minimum atomic E-state index is -0.898. The van der Waals surface area contributed by atoms with E-state index in [0.717, 1.165) is 33.5 Å². The Morgan fingerprint density at radius 1 is 1.18 bits per heavy atom. The van der Waals surface area contributed by atoms with E-state index in [9.17, 15) is 13.6 Å². The van der Waals surface area contributed by atoms with Crippen molar-refractivity contribution in [3.8, 4) is 0 Å². The number of hydrogen-bond acceptors (Lipinski definition) is 3. The molecule has 0 radical (unpaired) electrons. The van der Waals surface area contributed by atoms with Crippen molar-refractivity contribution in [2.45, 2.75) is 13.8 Å². The van der Waals surface area contributed by atoms with Crippen molar-refractivity contribution in [3.63, 3.8) is 0 Å². The second kappa shape index (κ2) is 5.46. The molecule has 0 aliphatic heterocycles. The Balaban J connectivity index is 1.96. The molecule has 1 aromatic heterocycles. The third kappa shape index (κ3) is 2.57. The maximum absolute atomic E-state index is 13.6. The zero-order valence-electron chi connectivity index (χ0n) is 11.9. The number of thiazole rings is 1. The molecule has 0 saturated heterocycles. The number of carbonyl (C=O) groups excluding carboxylic acids is 1. The SMILES string of the molecule is Cc1cc(C)c2nc(NC(=O)c3c(F)cccc3F)sc2c1. The van der Waals surface area contributed by atoms with Crippen molar-refractivity contribution in [3.05, 3.63) is 58.7 Å². The molecule has 22 heavy (non-hydrogen) atoms. The Morgan fingerprint density at radius 2 is 1.86 bits per heavy atom. The second-order valence-corrected chi connectivity index (χ2v) is 6.03. The quantitative estimate of drug-likeness (QED) is 0.759. The van der Waals surface area contributed by atoms with Gasteiger partial charge in [0.25, 0.3) is 5.91 Å². The van der Waals surface area contributed by atoms with Crippen molar-refractivity contribution in [2.24, 2.45) is 0 Å². The van der Waals surface area contributed by atoms with Crippen LogP contribution in [0.4, 0.5) is 13.9 Å². The summed E-state index contributed by atoms with van der Waals surface area (Å²) in [4.78, 5) is 16.4. The number of aromatic nitrogens is 1. The molecule has 112 valence electrons. The molecule has 0 bridgehead atoms. The molecule has 0 spiro atoms. The van der Waals surface area contributed by atoms with Gasteiger partial charge in [0, 0.05) is 0 Å². The third-order valence-corrected chi connectivity index (χ3v) is 4.16. The Kier molecular flexibility index (Phi) is 3.62. The van der Waals surface area contributed by atoms with Crippen LogP contribution in [0.3, 0.4) is 0 Å². The van der Waals surface area contributed by atoms with Crippen LogP contribution in [0.25, 0.3) is 10.2 Å². The molecule has 1 heterocycles. The van der Waals surface area contributed by atoms with Crippen LogP contribution in [0, 0.1) is 25.5 Å². The molecule has 0 aliphatic rings. The molecule has 1 amide bonds. The number of nitrogens with one attached hydrogen (secondary N) is 1. The zero-order valence-corrected chi connectivity index (χ0v) is 12.7. The zero-order chi connectivity index (χ0) is 15.9. The number of fused-ring (bicyclic) bond motifs is 1. The standard InChI is InChI=1S/C16H12F2N2OS/c1-8-6-9(2)14-12(7-8)22-16(19-14)20-15(21)13-10(17)4-3-5-11(13)18/h3-7H,1-2H3,(H,19,20,21). The summed E-state index contributed by atoms with van der Waals surface area (Å²) in [5.74, 6) is -2.64. The number of benzene rings is 2. The highest BCUT2D eigenvalue weighted by Gasteiger charge is 2.18. The lowest BCUT2D eigenvalue weighted by Crippen LogP contribution is -2.15. The van der Waals surface area contributed by atoms with Gasteiger partial charge in [0.15, 0.2) is 5.13 Å². The number of halogens is 2. The van der Waals surface area contributed by atoms with E-state index in [0.29, 0.717) is 5.13 Å². The van der Waals surface area contributed by atoms with Gasteiger partial charge in [-0.2, -0.15) is 0 Å². The molecule has 0 aliphatic carbocycles. The topological polar surface area (TPSA) is 42.0 Å². The lowest BCUT2D eigenvalue weighted by Gasteiger charge is -2.03. The minimum absolute atomic E-state index is 0.316. The van der Waals surface area contributed by atoms with Crippen LogP contribution in [0.2, 0.25) is 0 Å². The van der Waals surface area contributed by atoms with E-state index in [-0.39, 0.29) is 0 Å². The van der Waals surface area contributed by atoms with Crippen molar-refractivity contribution in [2.75, 3.05) is 5.32 Å². The van der Waals surface area contributed by atoms with Crippen molar-refractivity contribution < 1.29 is 13.6 Å². The van der Waals surface area contributed by atoms with Gasteiger partial charge in [-0.3, -0.25) is 10.1 Å². The van der Waals surface area contributed by atoms with Gasteiger partial charge in [-0.05, 0) is 43.2 Å². The molecule has 0 unspecified atom stereocenters. The number of hydrogen-bond donors (Lipinski definition) is 1. The largest absolute Gasteiger partial charge is 0.298 e.